The molecule has 0 amide bonds. The lowest BCUT2D eigenvalue weighted by Gasteiger charge is -2.28. The summed E-state index contributed by atoms with van der Waals surface area (Å²) in [5, 5.41) is 1.14. The molecule has 3 aromatic rings. The third-order valence-electron chi connectivity index (χ3n) is 4.99. The summed E-state index contributed by atoms with van der Waals surface area (Å²) in [6.45, 7) is 3.16. The molecule has 0 radical (unpaired) electrons. The van der Waals surface area contributed by atoms with Crippen LogP contribution in [0.2, 0.25) is 0 Å². The van der Waals surface area contributed by atoms with Gasteiger partial charge in [0.25, 0.3) is 0 Å². The molecule has 25 heavy (non-hydrogen) atoms. The van der Waals surface area contributed by atoms with E-state index in [0.717, 1.165) is 43.5 Å². The van der Waals surface area contributed by atoms with E-state index in [1.165, 1.54) is 22.5 Å². The molecule has 1 aliphatic heterocycles. The van der Waals surface area contributed by atoms with Crippen LogP contribution < -0.4 is 4.90 Å². The zero-order valence-corrected chi connectivity index (χ0v) is 14.9. The van der Waals surface area contributed by atoms with Crippen molar-refractivity contribution in [2.45, 2.75) is 19.4 Å². The minimum absolute atomic E-state index is 0.871. The van der Waals surface area contributed by atoms with Gasteiger partial charge in [-0.15, -0.1) is 0 Å². The largest absolute Gasteiger partial charge is 0.378 e. The van der Waals surface area contributed by atoms with Gasteiger partial charge < -0.3 is 4.90 Å². The number of rotatable bonds is 4. The first-order valence-electron chi connectivity index (χ1n) is 8.91. The van der Waals surface area contributed by atoms with Crippen LogP contribution in [0.25, 0.3) is 11.0 Å². The van der Waals surface area contributed by atoms with Crippen LogP contribution in [-0.4, -0.2) is 42.1 Å². The number of hydrogen-bond donors (Lipinski definition) is 0. The first-order chi connectivity index (χ1) is 12.2. The molecule has 0 bridgehead atoms. The molecule has 0 atom stereocenters. The molecule has 0 spiro atoms. The smallest absolute Gasteiger partial charge is 0.159 e. The van der Waals surface area contributed by atoms with E-state index in [9.17, 15) is 0 Å². The number of nitrogens with zero attached hydrogens (tertiary/aromatic N) is 4. The van der Waals surface area contributed by atoms with Gasteiger partial charge in [0, 0.05) is 63.1 Å². The van der Waals surface area contributed by atoms with E-state index in [4.69, 9.17) is 4.98 Å². The van der Waals surface area contributed by atoms with Crippen molar-refractivity contribution in [2.75, 3.05) is 32.1 Å². The van der Waals surface area contributed by atoms with Crippen LogP contribution in [0.15, 0.2) is 48.7 Å². The Kier molecular flexibility index (Phi) is 4.36. The average Bonchev–Trinajstić information content (AvgIpc) is 2.65. The molecular weight excluding hydrogens is 308 g/mol. The minimum atomic E-state index is 0.871. The molecule has 0 saturated heterocycles. The summed E-state index contributed by atoms with van der Waals surface area (Å²) in [4.78, 5) is 13.8. The van der Waals surface area contributed by atoms with Crippen molar-refractivity contribution in [1.29, 1.82) is 0 Å². The summed E-state index contributed by atoms with van der Waals surface area (Å²) in [5.74, 6) is 0. The topological polar surface area (TPSA) is 32.3 Å². The summed E-state index contributed by atoms with van der Waals surface area (Å²) < 4.78 is 0. The van der Waals surface area contributed by atoms with Gasteiger partial charge in [0.2, 0.25) is 0 Å². The van der Waals surface area contributed by atoms with Crippen LogP contribution in [0.4, 0.5) is 5.69 Å². The molecule has 4 heteroatoms. The number of benzene rings is 1. The molecule has 0 N–H and O–H groups in total. The Hall–Kier alpha value is -2.46. The summed E-state index contributed by atoms with van der Waals surface area (Å²) in [6.07, 6.45) is 3.92. The van der Waals surface area contributed by atoms with Gasteiger partial charge in [0.1, 0.15) is 0 Å². The highest BCUT2D eigenvalue weighted by atomic mass is 15.1. The van der Waals surface area contributed by atoms with E-state index in [2.05, 4.69) is 65.3 Å². The Morgan fingerprint density at radius 2 is 1.96 bits per heavy atom. The van der Waals surface area contributed by atoms with Crippen LogP contribution in [0.1, 0.15) is 16.8 Å². The van der Waals surface area contributed by atoms with Crippen LogP contribution in [-0.2, 0) is 19.4 Å². The van der Waals surface area contributed by atoms with Crippen LogP contribution in [0.3, 0.4) is 0 Å². The van der Waals surface area contributed by atoms with Gasteiger partial charge in [-0.05, 0) is 47.9 Å². The molecular formula is C21H24N4. The highest BCUT2D eigenvalue weighted by Gasteiger charge is 2.18. The molecule has 128 valence electrons. The summed E-state index contributed by atoms with van der Waals surface area (Å²) >= 11 is 0. The Labute approximate surface area is 149 Å². The predicted molar refractivity (Wildman–Crippen MR) is 103 cm³/mol. The van der Waals surface area contributed by atoms with E-state index in [0.29, 0.717) is 0 Å². The predicted octanol–water partition coefficient (Wildman–Crippen LogP) is 3.30. The van der Waals surface area contributed by atoms with Crippen molar-refractivity contribution in [2.24, 2.45) is 0 Å². The molecule has 3 heterocycles. The summed E-state index contributed by atoms with van der Waals surface area (Å²) in [7, 11) is 4.15. The Morgan fingerprint density at radius 1 is 1.12 bits per heavy atom. The lowest BCUT2D eigenvalue weighted by Crippen LogP contribution is -2.32. The fourth-order valence-electron chi connectivity index (χ4n) is 3.46. The first kappa shape index (κ1) is 16.0. The van der Waals surface area contributed by atoms with Gasteiger partial charge in [-0.1, -0.05) is 12.1 Å². The van der Waals surface area contributed by atoms with Crippen molar-refractivity contribution >= 4 is 16.7 Å². The second-order valence-corrected chi connectivity index (χ2v) is 6.98. The molecule has 4 nitrogen and oxygen atoms in total. The van der Waals surface area contributed by atoms with Crippen molar-refractivity contribution in [3.05, 3.63) is 65.5 Å². The van der Waals surface area contributed by atoms with Gasteiger partial charge in [-0.3, -0.25) is 4.90 Å². The van der Waals surface area contributed by atoms with Crippen molar-refractivity contribution < 1.29 is 0 Å². The number of anilines is 1. The maximum atomic E-state index is 4.75. The third kappa shape index (κ3) is 3.49. The molecule has 4 rings (SSSR count). The second-order valence-electron chi connectivity index (χ2n) is 6.98. The molecule has 0 fully saturated rings. The van der Waals surface area contributed by atoms with E-state index in [1.54, 1.807) is 0 Å². The van der Waals surface area contributed by atoms with Crippen molar-refractivity contribution in [3.63, 3.8) is 0 Å². The van der Waals surface area contributed by atoms with Crippen molar-refractivity contribution in [1.82, 2.24) is 14.9 Å². The van der Waals surface area contributed by atoms with Gasteiger partial charge in [0.05, 0.1) is 0 Å². The lowest BCUT2D eigenvalue weighted by molar-refractivity contribution is 0.255. The Balaban J connectivity index is 1.43. The van der Waals surface area contributed by atoms with Gasteiger partial charge >= 0.3 is 0 Å². The van der Waals surface area contributed by atoms with Crippen LogP contribution in [0, 0.1) is 0 Å². The normalized spacial score (nSPS) is 14.5. The van der Waals surface area contributed by atoms with E-state index in [1.807, 2.05) is 12.3 Å². The van der Waals surface area contributed by atoms with E-state index in [-0.39, 0.29) is 0 Å². The minimum Gasteiger partial charge on any atom is -0.378 e. The standard InChI is InChI=1S/C21H24N4/c1-24(2)19-7-5-16(6-8-19)9-12-25-13-10-20-18(15-25)14-17-4-3-11-22-21(17)23-20/h3-8,11,14H,9-10,12-13,15H2,1-2H3. The Morgan fingerprint density at radius 3 is 2.76 bits per heavy atom. The molecule has 1 aromatic carbocycles. The SMILES string of the molecule is CN(C)c1ccc(CCN2CCc3nc4ncccc4cc3C2)cc1. The number of fused-ring (bicyclic) bond motifs is 2. The lowest BCUT2D eigenvalue weighted by atomic mass is 10.0. The zero-order chi connectivity index (χ0) is 17.2. The molecule has 1 aliphatic rings. The molecule has 2 aromatic heterocycles. The Bertz CT molecular complexity index is 871. The monoisotopic (exact) mass is 332 g/mol. The maximum absolute atomic E-state index is 4.75. The highest BCUT2D eigenvalue weighted by molar-refractivity contribution is 5.75. The quantitative estimate of drug-likeness (QED) is 0.734. The van der Waals surface area contributed by atoms with Crippen LogP contribution >= 0.6 is 0 Å². The summed E-state index contributed by atoms with van der Waals surface area (Å²) in [6, 6.07) is 15.2. The third-order valence-corrected chi connectivity index (χ3v) is 4.99. The first-order valence-corrected chi connectivity index (χ1v) is 8.91. The second kappa shape index (κ2) is 6.81. The molecule has 0 saturated carbocycles. The van der Waals surface area contributed by atoms with Gasteiger partial charge in [-0.2, -0.15) is 0 Å². The van der Waals surface area contributed by atoms with E-state index < -0.39 is 0 Å². The van der Waals surface area contributed by atoms with Gasteiger partial charge in [0.15, 0.2) is 5.65 Å². The summed E-state index contributed by atoms with van der Waals surface area (Å²) in [5.41, 5.74) is 6.10. The highest BCUT2D eigenvalue weighted by Crippen LogP contribution is 2.22. The zero-order valence-electron chi connectivity index (χ0n) is 14.9. The average molecular weight is 332 g/mol. The fourth-order valence-corrected chi connectivity index (χ4v) is 3.46. The number of pyridine rings is 2. The van der Waals surface area contributed by atoms with Crippen LogP contribution in [0.5, 0.6) is 0 Å². The molecule has 0 aliphatic carbocycles. The number of hydrogen-bond acceptors (Lipinski definition) is 4. The number of aromatic nitrogens is 2. The van der Waals surface area contributed by atoms with E-state index >= 15 is 0 Å². The fraction of sp³-hybridized carbons (Fsp3) is 0.333. The molecule has 0 unspecified atom stereocenters. The van der Waals surface area contributed by atoms with Crippen molar-refractivity contribution in [3.8, 4) is 0 Å². The van der Waals surface area contributed by atoms with Gasteiger partial charge in [-0.25, -0.2) is 9.97 Å². The maximum Gasteiger partial charge on any atom is 0.159 e.